The summed E-state index contributed by atoms with van der Waals surface area (Å²) < 4.78 is 33.8. The van der Waals surface area contributed by atoms with Crippen molar-refractivity contribution < 1.29 is 17.9 Å². The number of benzene rings is 3. The van der Waals surface area contributed by atoms with E-state index in [1.165, 1.54) is 4.31 Å². The maximum Gasteiger partial charge on any atom is 0.243 e. The Morgan fingerprint density at radius 3 is 2.41 bits per heavy atom. The minimum absolute atomic E-state index is 0.186. The third-order valence-corrected chi connectivity index (χ3v) is 7.35. The predicted octanol–water partition coefficient (Wildman–Crippen LogP) is 3.65. The standard InChI is InChI=1S/C25H26N2O4S/c1-20-11-13-22(14-12-20)32(29,30)26(16-15-21-7-3-2-4-8-21)19-25(28)27-17-18-31-24-10-6-5-9-23(24)27/h2-14H,15-19H2,1H3. The quantitative estimate of drug-likeness (QED) is 0.551. The van der Waals surface area contributed by atoms with Crippen molar-refractivity contribution in [2.75, 3.05) is 31.1 Å². The number of fused-ring (bicyclic) bond motifs is 1. The predicted molar refractivity (Wildman–Crippen MR) is 124 cm³/mol. The maximum absolute atomic E-state index is 13.5. The topological polar surface area (TPSA) is 66.9 Å². The van der Waals surface area contributed by atoms with Crippen LogP contribution >= 0.6 is 0 Å². The molecule has 3 aromatic carbocycles. The van der Waals surface area contributed by atoms with E-state index in [4.69, 9.17) is 4.74 Å². The number of carbonyl (C=O) groups is 1. The summed E-state index contributed by atoms with van der Waals surface area (Å²) >= 11 is 0. The maximum atomic E-state index is 13.5. The molecular formula is C25H26N2O4S. The van der Waals surface area contributed by atoms with Crippen LogP contribution in [0.3, 0.4) is 0 Å². The largest absolute Gasteiger partial charge is 0.490 e. The molecule has 1 heterocycles. The molecule has 1 aliphatic rings. The zero-order chi connectivity index (χ0) is 22.6. The molecule has 1 amide bonds. The van der Waals surface area contributed by atoms with Gasteiger partial charge in [-0.25, -0.2) is 8.42 Å². The van der Waals surface area contributed by atoms with Crippen molar-refractivity contribution in [2.24, 2.45) is 0 Å². The monoisotopic (exact) mass is 450 g/mol. The number of nitrogens with zero attached hydrogens (tertiary/aromatic N) is 2. The van der Waals surface area contributed by atoms with Crippen LogP contribution in [0.1, 0.15) is 11.1 Å². The molecular weight excluding hydrogens is 424 g/mol. The van der Waals surface area contributed by atoms with Gasteiger partial charge in [0.2, 0.25) is 15.9 Å². The molecule has 0 fully saturated rings. The van der Waals surface area contributed by atoms with Crippen molar-refractivity contribution in [3.63, 3.8) is 0 Å². The van der Waals surface area contributed by atoms with Gasteiger partial charge in [0.25, 0.3) is 0 Å². The summed E-state index contributed by atoms with van der Waals surface area (Å²) in [5, 5.41) is 0. The molecule has 0 unspecified atom stereocenters. The molecule has 0 N–H and O–H groups in total. The van der Waals surface area contributed by atoms with Gasteiger partial charge in [-0.3, -0.25) is 4.79 Å². The van der Waals surface area contributed by atoms with E-state index < -0.39 is 10.0 Å². The second kappa shape index (κ2) is 9.54. The fraction of sp³-hybridized carbons (Fsp3) is 0.240. The summed E-state index contributed by atoms with van der Waals surface area (Å²) in [4.78, 5) is 15.1. The minimum atomic E-state index is -3.84. The summed E-state index contributed by atoms with van der Waals surface area (Å²) in [6.45, 7) is 2.63. The van der Waals surface area contributed by atoms with Crippen LogP contribution in [-0.4, -0.2) is 44.9 Å². The minimum Gasteiger partial charge on any atom is -0.490 e. The van der Waals surface area contributed by atoms with Gasteiger partial charge >= 0.3 is 0 Å². The molecule has 0 radical (unpaired) electrons. The van der Waals surface area contributed by atoms with Crippen LogP contribution in [-0.2, 0) is 21.2 Å². The number of sulfonamides is 1. The highest BCUT2D eigenvalue weighted by atomic mass is 32.2. The first-order chi connectivity index (χ1) is 15.4. The molecule has 0 bridgehead atoms. The fourth-order valence-corrected chi connectivity index (χ4v) is 5.10. The van der Waals surface area contributed by atoms with E-state index >= 15 is 0 Å². The molecule has 0 spiro atoms. The normalized spacial score (nSPS) is 13.5. The highest BCUT2D eigenvalue weighted by molar-refractivity contribution is 7.89. The zero-order valence-electron chi connectivity index (χ0n) is 18.0. The van der Waals surface area contributed by atoms with Crippen LogP contribution in [0.15, 0.2) is 83.8 Å². The molecule has 3 aromatic rings. The van der Waals surface area contributed by atoms with E-state index in [9.17, 15) is 13.2 Å². The lowest BCUT2D eigenvalue weighted by atomic mass is 10.1. The molecule has 0 aliphatic carbocycles. The average molecular weight is 451 g/mol. The van der Waals surface area contributed by atoms with Gasteiger partial charge in [-0.1, -0.05) is 60.2 Å². The van der Waals surface area contributed by atoms with Gasteiger partial charge in [0.1, 0.15) is 12.4 Å². The van der Waals surface area contributed by atoms with Crippen molar-refractivity contribution in [3.8, 4) is 5.75 Å². The van der Waals surface area contributed by atoms with Gasteiger partial charge in [0.15, 0.2) is 0 Å². The van der Waals surface area contributed by atoms with Crippen molar-refractivity contribution in [1.29, 1.82) is 0 Å². The van der Waals surface area contributed by atoms with Crippen LogP contribution in [0.4, 0.5) is 5.69 Å². The molecule has 0 aromatic heterocycles. The summed E-state index contributed by atoms with van der Waals surface area (Å²) in [5.74, 6) is 0.355. The third-order valence-electron chi connectivity index (χ3n) is 5.49. The molecule has 0 saturated carbocycles. The Hall–Kier alpha value is -3.16. The van der Waals surface area contributed by atoms with Crippen LogP contribution in [0.25, 0.3) is 0 Å². The SMILES string of the molecule is Cc1ccc(S(=O)(=O)N(CCc2ccccc2)CC(=O)N2CCOc3ccccc32)cc1. The Kier molecular flexibility index (Phi) is 6.58. The second-order valence-corrected chi connectivity index (χ2v) is 9.69. The molecule has 7 heteroatoms. The van der Waals surface area contributed by atoms with Crippen LogP contribution in [0.5, 0.6) is 5.75 Å². The first-order valence-corrected chi connectivity index (χ1v) is 12.0. The Morgan fingerprint density at radius 1 is 0.969 bits per heavy atom. The van der Waals surface area contributed by atoms with Crippen molar-refractivity contribution in [1.82, 2.24) is 4.31 Å². The molecule has 4 rings (SSSR count). The Bertz CT molecular complexity index is 1180. The molecule has 1 aliphatic heterocycles. The number of ether oxygens (including phenoxy) is 1. The van der Waals surface area contributed by atoms with Crippen molar-refractivity contribution in [2.45, 2.75) is 18.2 Å². The molecule has 32 heavy (non-hydrogen) atoms. The number of para-hydroxylation sites is 2. The fourth-order valence-electron chi connectivity index (χ4n) is 3.71. The molecule has 166 valence electrons. The van der Waals surface area contributed by atoms with Gasteiger partial charge in [-0.15, -0.1) is 0 Å². The van der Waals surface area contributed by atoms with E-state index in [1.54, 1.807) is 29.2 Å². The van der Waals surface area contributed by atoms with Gasteiger partial charge in [0, 0.05) is 6.54 Å². The number of carbonyl (C=O) groups excluding carboxylic acids is 1. The summed E-state index contributed by atoms with van der Waals surface area (Å²) in [6.07, 6.45) is 0.513. The van der Waals surface area contributed by atoms with Crippen LogP contribution in [0.2, 0.25) is 0 Å². The summed E-state index contributed by atoms with van der Waals surface area (Å²) in [5.41, 5.74) is 2.65. The number of rotatable bonds is 7. The first kappa shape index (κ1) is 22.0. The van der Waals surface area contributed by atoms with Gasteiger partial charge in [-0.2, -0.15) is 4.31 Å². The second-order valence-electron chi connectivity index (χ2n) is 7.75. The highest BCUT2D eigenvalue weighted by Gasteiger charge is 2.30. The molecule has 0 saturated heterocycles. The summed E-state index contributed by atoms with van der Waals surface area (Å²) in [7, 11) is -3.84. The van der Waals surface area contributed by atoms with E-state index in [-0.39, 0.29) is 23.9 Å². The highest BCUT2D eigenvalue weighted by Crippen LogP contribution is 2.31. The van der Waals surface area contributed by atoms with E-state index in [0.717, 1.165) is 11.1 Å². The molecule has 0 atom stereocenters. The smallest absolute Gasteiger partial charge is 0.243 e. The van der Waals surface area contributed by atoms with E-state index in [2.05, 4.69) is 0 Å². The number of aryl methyl sites for hydroxylation is 1. The van der Waals surface area contributed by atoms with Gasteiger partial charge in [0.05, 0.1) is 23.7 Å². The Balaban J connectivity index is 1.60. The van der Waals surface area contributed by atoms with Gasteiger partial charge in [-0.05, 0) is 43.2 Å². The number of amides is 1. The first-order valence-electron chi connectivity index (χ1n) is 10.6. The molecule has 6 nitrogen and oxygen atoms in total. The number of anilines is 1. The lowest BCUT2D eigenvalue weighted by Crippen LogP contribution is -2.46. The Labute approximate surface area is 189 Å². The van der Waals surface area contributed by atoms with Crippen LogP contribution in [0, 0.1) is 6.92 Å². The lowest BCUT2D eigenvalue weighted by Gasteiger charge is -2.31. The van der Waals surface area contributed by atoms with Crippen molar-refractivity contribution in [3.05, 3.63) is 90.0 Å². The van der Waals surface area contributed by atoms with Crippen LogP contribution < -0.4 is 9.64 Å². The van der Waals surface area contributed by atoms with Gasteiger partial charge < -0.3 is 9.64 Å². The number of hydrogen-bond donors (Lipinski definition) is 0. The summed E-state index contributed by atoms with van der Waals surface area (Å²) in [6, 6.07) is 23.7. The van der Waals surface area contributed by atoms with Crippen molar-refractivity contribution >= 4 is 21.6 Å². The number of hydrogen-bond acceptors (Lipinski definition) is 4. The Morgan fingerprint density at radius 2 is 1.66 bits per heavy atom. The van der Waals surface area contributed by atoms with E-state index in [1.807, 2.05) is 61.5 Å². The average Bonchev–Trinajstić information content (AvgIpc) is 2.82. The van der Waals surface area contributed by atoms with E-state index in [0.29, 0.717) is 31.0 Å². The third kappa shape index (κ3) is 4.84. The zero-order valence-corrected chi connectivity index (χ0v) is 18.8. The lowest BCUT2D eigenvalue weighted by molar-refractivity contribution is -0.119.